The fraction of sp³-hybridized carbons (Fsp3) is 0.500. The van der Waals surface area contributed by atoms with Gasteiger partial charge in [0.15, 0.2) is 0 Å². The summed E-state index contributed by atoms with van der Waals surface area (Å²) in [7, 11) is -5.35. The van der Waals surface area contributed by atoms with Crippen LogP contribution in [0, 0.1) is 10.1 Å². The number of halogens is 4. The molecule has 0 aromatic heterocycles. The third-order valence-corrected chi connectivity index (χ3v) is 4.50. The second kappa shape index (κ2) is 8.92. The summed E-state index contributed by atoms with van der Waals surface area (Å²) >= 11 is 0. The van der Waals surface area contributed by atoms with Crippen molar-refractivity contribution in [3.05, 3.63) is 39.9 Å². The van der Waals surface area contributed by atoms with Crippen molar-refractivity contribution in [2.75, 3.05) is 6.61 Å². The average Bonchev–Trinajstić information content (AvgIpc) is 2.51. The molecular weight excluding hydrogens is 386 g/mol. The molecule has 0 spiro atoms. The van der Waals surface area contributed by atoms with Crippen molar-refractivity contribution in [2.45, 2.75) is 37.1 Å². The summed E-state index contributed by atoms with van der Waals surface area (Å²) in [6, 6.07) is 4.74. The number of carbonyl (C=O) groups is 1. The second-order valence-corrected chi connectivity index (χ2v) is 6.97. The number of hydrogen-bond acceptors (Lipinski definition) is 6. The number of rotatable bonds is 9. The number of ether oxygens (including phenoxy) is 1. The van der Waals surface area contributed by atoms with Crippen LogP contribution in [0.15, 0.2) is 24.3 Å². The Kier molecular flexibility index (Phi) is 7.48. The fourth-order valence-electron chi connectivity index (χ4n) is 2.07. The molecule has 0 aliphatic rings. The lowest BCUT2D eigenvalue weighted by molar-refractivity contribution is -0.384. The Balaban J connectivity index is 2.47. The number of carbonyl (C=O) groups excluding carboxylic acids is 1. The summed E-state index contributed by atoms with van der Waals surface area (Å²) in [5.41, 5.74) is -0.400. The summed E-state index contributed by atoms with van der Waals surface area (Å²) in [5, 5.41) is 8.41. The van der Waals surface area contributed by atoms with E-state index in [1.54, 1.807) is 0 Å². The fourth-order valence-corrected chi connectivity index (χ4v) is 2.91. The average molecular weight is 401 g/mol. The Labute approximate surface area is 146 Å². The minimum atomic E-state index is -5.35. The molecule has 1 unspecified atom stereocenters. The summed E-state index contributed by atoms with van der Waals surface area (Å²) in [6.45, 7) is -0.257. The predicted molar refractivity (Wildman–Crippen MR) is 81.7 cm³/mol. The van der Waals surface area contributed by atoms with E-state index < -0.39 is 45.4 Å². The van der Waals surface area contributed by atoms with Crippen molar-refractivity contribution >= 4 is 21.9 Å². The minimum absolute atomic E-state index is 0.00451. The lowest BCUT2D eigenvalue weighted by Crippen LogP contribution is -2.25. The molecule has 0 saturated carbocycles. The van der Waals surface area contributed by atoms with Crippen LogP contribution in [-0.4, -0.2) is 37.3 Å². The van der Waals surface area contributed by atoms with Crippen LogP contribution in [0.1, 0.15) is 36.0 Å². The van der Waals surface area contributed by atoms with Crippen LogP contribution >= 0.6 is 0 Å². The summed E-state index contributed by atoms with van der Waals surface area (Å²) in [6.07, 6.45) is -7.30. The first kappa shape index (κ1) is 21.8. The summed E-state index contributed by atoms with van der Waals surface area (Å²) < 4.78 is 75.9. The standard InChI is InChI=1S/C14H15F4NO6S/c15-14(16,17)9-12(26(18,23)24)6-1-2-7-25-13(20)10-4-3-5-11(8-10)19(21)22/h3-5,8,12H,1-2,6-7,9H2. The Morgan fingerprint density at radius 2 is 1.92 bits per heavy atom. The molecule has 7 nitrogen and oxygen atoms in total. The molecule has 0 heterocycles. The van der Waals surface area contributed by atoms with E-state index in [0.29, 0.717) is 0 Å². The Hall–Kier alpha value is -2.24. The predicted octanol–water partition coefficient (Wildman–Crippen LogP) is 3.54. The number of nitro groups is 1. The van der Waals surface area contributed by atoms with Crippen LogP contribution in [-0.2, 0) is 15.0 Å². The first-order valence-corrected chi connectivity index (χ1v) is 8.76. The van der Waals surface area contributed by atoms with Gasteiger partial charge in [-0.15, -0.1) is 3.89 Å². The van der Waals surface area contributed by atoms with E-state index in [9.17, 15) is 40.4 Å². The van der Waals surface area contributed by atoms with Crippen LogP contribution in [0.25, 0.3) is 0 Å². The van der Waals surface area contributed by atoms with E-state index >= 15 is 0 Å². The highest BCUT2D eigenvalue weighted by atomic mass is 32.3. The smallest absolute Gasteiger partial charge is 0.390 e. The molecule has 146 valence electrons. The van der Waals surface area contributed by atoms with Gasteiger partial charge in [-0.2, -0.15) is 21.6 Å². The van der Waals surface area contributed by atoms with Gasteiger partial charge in [0.25, 0.3) is 5.69 Å². The van der Waals surface area contributed by atoms with Crippen LogP contribution in [0.3, 0.4) is 0 Å². The molecule has 0 amide bonds. The number of nitro benzene ring substituents is 1. The van der Waals surface area contributed by atoms with E-state index in [-0.39, 0.29) is 30.7 Å². The van der Waals surface area contributed by atoms with Gasteiger partial charge in [0.1, 0.15) is 0 Å². The molecular formula is C14H15F4NO6S. The van der Waals surface area contributed by atoms with Crippen molar-refractivity contribution in [2.24, 2.45) is 0 Å². The van der Waals surface area contributed by atoms with Crippen molar-refractivity contribution in [1.29, 1.82) is 0 Å². The third kappa shape index (κ3) is 7.76. The molecule has 0 N–H and O–H groups in total. The first-order chi connectivity index (χ1) is 11.9. The Bertz CT molecular complexity index is 750. The van der Waals surface area contributed by atoms with Crippen LogP contribution in [0.5, 0.6) is 0 Å². The Morgan fingerprint density at radius 3 is 2.46 bits per heavy atom. The van der Waals surface area contributed by atoms with Gasteiger partial charge in [0.05, 0.1) is 28.8 Å². The number of esters is 1. The van der Waals surface area contributed by atoms with Crippen molar-refractivity contribution in [3.63, 3.8) is 0 Å². The molecule has 1 rings (SSSR count). The van der Waals surface area contributed by atoms with Gasteiger partial charge in [-0.3, -0.25) is 10.1 Å². The second-order valence-electron chi connectivity index (χ2n) is 5.36. The third-order valence-electron chi connectivity index (χ3n) is 3.30. The zero-order chi connectivity index (χ0) is 20.0. The zero-order valence-electron chi connectivity index (χ0n) is 13.2. The molecule has 0 saturated heterocycles. The van der Waals surface area contributed by atoms with E-state index in [0.717, 1.165) is 6.07 Å². The number of unbranched alkanes of at least 4 members (excludes halogenated alkanes) is 1. The summed E-state index contributed by atoms with van der Waals surface area (Å²) in [4.78, 5) is 21.6. The van der Waals surface area contributed by atoms with Gasteiger partial charge >= 0.3 is 22.4 Å². The van der Waals surface area contributed by atoms with Gasteiger partial charge < -0.3 is 4.74 Å². The first-order valence-electron chi connectivity index (χ1n) is 7.32. The number of alkyl halides is 3. The summed E-state index contributed by atoms with van der Waals surface area (Å²) in [5.74, 6) is -0.876. The quantitative estimate of drug-likeness (QED) is 0.157. The maximum absolute atomic E-state index is 12.9. The highest BCUT2D eigenvalue weighted by molar-refractivity contribution is 7.87. The highest BCUT2D eigenvalue weighted by Gasteiger charge is 2.38. The van der Waals surface area contributed by atoms with E-state index in [1.807, 2.05) is 0 Å². The molecule has 0 aliphatic heterocycles. The van der Waals surface area contributed by atoms with Crippen molar-refractivity contribution in [3.8, 4) is 0 Å². The molecule has 0 radical (unpaired) electrons. The SMILES string of the molecule is O=C(OCCCCC(CC(F)(F)F)S(=O)(=O)F)c1cccc([N+](=O)[O-])c1. The monoisotopic (exact) mass is 401 g/mol. The molecule has 26 heavy (non-hydrogen) atoms. The normalized spacial score (nSPS) is 13.2. The molecule has 1 aromatic rings. The largest absolute Gasteiger partial charge is 0.462 e. The van der Waals surface area contributed by atoms with Crippen molar-refractivity contribution < 1.29 is 39.9 Å². The molecule has 0 fully saturated rings. The zero-order valence-corrected chi connectivity index (χ0v) is 14.1. The maximum Gasteiger partial charge on any atom is 0.390 e. The minimum Gasteiger partial charge on any atom is -0.462 e. The Morgan fingerprint density at radius 1 is 1.27 bits per heavy atom. The van der Waals surface area contributed by atoms with E-state index in [2.05, 4.69) is 0 Å². The number of nitrogens with zero attached hydrogens (tertiary/aromatic N) is 1. The highest BCUT2D eigenvalue weighted by Crippen LogP contribution is 2.28. The van der Waals surface area contributed by atoms with Crippen molar-refractivity contribution in [1.82, 2.24) is 0 Å². The van der Waals surface area contributed by atoms with Gasteiger partial charge in [-0.05, 0) is 25.3 Å². The molecule has 0 aliphatic carbocycles. The molecule has 1 aromatic carbocycles. The van der Waals surface area contributed by atoms with Crippen LogP contribution in [0.4, 0.5) is 22.7 Å². The van der Waals surface area contributed by atoms with E-state index in [1.165, 1.54) is 18.2 Å². The van der Waals surface area contributed by atoms with E-state index in [4.69, 9.17) is 4.74 Å². The lowest BCUT2D eigenvalue weighted by atomic mass is 10.1. The van der Waals surface area contributed by atoms with Crippen LogP contribution < -0.4 is 0 Å². The van der Waals surface area contributed by atoms with Gasteiger partial charge in [-0.25, -0.2) is 4.79 Å². The van der Waals surface area contributed by atoms with Gasteiger partial charge in [0, 0.05) is 12.1 Å². The molecule has 0 bridgehead atoms. The lowest BCUT2D eigenvalue weighted by Gasteiger charge is -2.14. The number of benzene rings is 1. The molecule has 12 heteroatoms. The number of hydrogen-bond donors (Lipinski definition) is 0. The maximum atomic E-state index is 12.9. The van der Waals surface area contributed by atoms with Crippen LogP contribution in [0.2, 0.25) is 0 Å². The van der Waals surface area contributed by atoms with Gasteiger partial charge in [0.2, 0.25) is 0 Å². The molecule has 1 atom stereocenters. The topological polar surface area (TPSA) is 104 Å². The van der Waals surface area contributed by atoms with Gasteiger partial charge in [-0.1, -0.05) is 6.07 Å². The number of non-ortho nitro benzene ring substituents is 1.